The van der Waals surface area contributed by atoms with Crippen LogP contribution in [0.5, 0.6) is 0 Å². The highest BCUT2D eigenvalue weighted by atomic mass is 35.5. The van der Waals surface area contributed by atoms with E-state index < -0.39 is 0 Å². The molecule has 1 N–H and O–H groups in total. The summed E-state index contributed by atoms with van der Waals surface area (Å²) in [5.74, 6) is 0.488. The fourth-order valence-electron chi connectivity index (χ4n) is 2.95. The summed E-state index contributed by atoms with van der Waals surface area (Å²) in [4.78, 5) is 17.1. The van der Waals surface area contributed by atoms with E-state index in [0.29, 0.717) is 25.1 Å². The molecule has 1 aliphatic rings. The zero-order chi connectivity index (χ0) is 15.7. The lowest BCUT2D eigenvalue weighted by molar-refractivity contribution is -0.137. The average molecular weight is 336 g/mol. The lowest BCUT2D eigenvalue weighted by atomic mass is 9.92. The van der Waals surface area contributed by atoms with Crippen molar-refractivity contribution in [3.8, 4) is 0 Å². The smallest absolute Gasteiger partial charge is 0.225 e. The van der Waals surface area contributed by atoms with Crippen LogP contribution in [0.25, 0.3) is 0 Å². The Hall–Kier alpha value is -0.360. The first-order chi connectivity index (χ1) is 10.1. The Morgan fingerprint density at radius 2 is 1.91 bits per heavy atom. The van der Waals surface area contributed by atoms with Crippen LogP contribution in [-0.2, 0) is 9.53 Å². The molecule has 132 valence electrons. The Kier molecular flexibility index (Phi) is 11.9. The number of carbonyl (C=O) groups excluding carboxylic acids is 1. The molecule has 1 fully saturated rings. The van der Waals surface area contributed by atoms with Crippen molar-refractivity contribution in [2.75, 3.05) is 53.0 Å². The van der Waals surface area contributed by atoms with E-state index in [9.17, 15) is 4.79 Å². The second-order valence-electron chi connectivity index (χ2n) is 5.92. The summed E-state index contributed by atoms with van der Waals surface area (Å²) in [6, 6.07) is 0.444. The summed E-state index contributed by atoms with van der Waals surface area (Å²) in [6.45, 7) is 12.6. The Balaban J connectivity index is 0.00000441. The van der Waals surface area contributed by atoms with E-state index in [0.717, 1.165) is 45.6 Å². The molecule has 22 heavy (non-hydrogen) atoms. The third-order valence-electron chi connectivity index (χ3n) is 4.43. The van der Waals surface area contributed by atoms with Gasteiger partial charge in [-0.2, -0.15) is 0 Å². The molecule has 1 aliphatic heterocycles. The molecule has 0 radical (unpaired) electrons. The minimum atomic E-state index is 0. The summed E-state index contributed by atoms with van der Waals surface area (Å²) < 4.78 is 5.17. The normalized spacial score (nSPS) is 21.5. The highest BCUT2D eigenvalue weighted by molar-refractivity contribution is 5.85. The molecule has 0 aromatic heterocycles. The summed E-state index contributed by atoms with van der Waals surface area (Å²) >= 11 is 0. The van der Waals surface area contributed by atoms with Crippen molar-refractivity contribution >= 4 is 18.3 Å². The number of carbonyl (C=O) groups is 1. The molecule has 0 aromatic rings. The molecule has 2 atom stereocenters. The van der Waals surface area contributed by atoms with Crippen LogP contribution in [0.4, 0.5) is 0 Å². The van der Waals surface area contributed by atoms with Crippen molar-refractivity contribution in [3.05, 3.63) is 0 Å². The lowest BCUT2D eigenvalue weighted by Gasteiger charge is -2.33. The summed E-state index contributed by atoms with van der Waals surface area (Å²) in [5, 5.41) is 3.41. The topological polar surface area (TPSA) is 44.8 Å². The Morgan fingerprint density at radius 1 is 1.23 bits per heavy atom. The molecule has 0 aromatic carbocycles. The van der Waals surface area contributed by atoms with Gasteiger partial charge in [0.15, 0.2) is 0 Å². The minimum Gasteiger partial charge on any atom is -0.383 e. The van der Waals surface area contributed by atoms with Crippen LogP contribution in [-0.4, -0.2) is 74.7 Å². The number of nitrogens with one attached hydrogen (secondary N) is 1. The number of methoxy groups -OCH3 is 1. The van der Waals surface area contributed by atoms with Gasteiger partial charge in [-0.25, -0.2) is 0 Å². The van der Waals surface area contributed by atoms with Crippen LogP contribution in [0, 0.1) is 5.92 Å². The van der Waals surface area contributed by atoms with E-state index in [1.165, 1.54) is 0 Å². The SMILES string of the molecule is CCN(CC)CCN(CCOC)C(=O)[C@H]1CCN[C@@H](C)C1.Cl. The second kappa shape index (κ2) is 12.1. The van der Waals surface area contributed by atoms with Crippen molar-refractivity contribution < 1.29 is 9.53 Å². The molecule has 1 heterocycles. The Bertz CT molecular complexity index is 301. The summed E-state index contributed by atoms with van der Waals surface area (Å²) in [5.41, 5.74) is 0. The maximum atomic E-state index is 12.8. The van der Waals surface area contributed by atoms with Crippen molar-refractivity contribution in [1.82, 2.24) is 15.1 Å². The zero-order valence-corrected chi connectivity index (χ0v) is 15.5. The van der Waals surface area contributed by atoms with Gasteiger partial charge in [-0.1, -0.05) is 13.8 Å². The zero-order valence-electron chi connectivity index (χ0n) is 14.6. The lowest BCUT2D eigenvalue weighted by Crippen LogP contribution is -2.47. The van der Waals surface area contributed by atoms with E-state index in [2.05, 4.69) is 31.0 Å². The molecule has 5 nitrogen and oxygen atoms in total. The number of hydrogen-bond donors (Lipinski definition) is 1. The van der Waals surface area contributed by atoms with Gasteiger partial charge in [0.25, 0.3) is 0 Å². The van der Waals surface area contributed by atoms with Crippen molar-refractivity contribution in [1.29, 1.82) is 0 Å². The van der Waals surface area contributed by atoms with E-state index in [-0.39, 0.29) is 18.3 Å². The molecule has 1 amide bonds. The third kappa shape index (κ3) is 7.27. The fraction of sp³-hybridized carbons (Fsp3) is 0.938. The molecule has 1 saturated heterocycles. The number of amides is 1. The first-order valence-electron chi connectivity index (χ1n) is 8.35. The molecule has 0 spiro atoms. The van der Waals surface area contributed by atoms with Crippen molar-refractivity contribution in [2.24, 2.45) is 5.92 Å². The fourth-order valence-corrected chi connectivity index (χ4v) is 2.95. The quantitative estimate of drug-likeness (QED) is 0.695. The van der Waals surface area contributed by atoms with Crippen LogP contribution in [0.15, 0.2) is 0 Å². The number of likely N-dealkylation sites (N-methyl/N-ethyl adjacent to an activating group) is 1. The van der Waals surface area contributed by atoms with Gasteiger partial charge in [-0.05, 0) is 39.4 Å². The molecular formula is C16H34ClN3O2. The Morgan fingerprint density at radius 3 is 2.45 bits per heavy atom. The maximum absolute atomic E-state index is 12.8. The number of nitrogens with zero attached hydrogens (tertiary/aromatic N) is 2. The average Bonchev–Trinajstić information content (AvgIpc) is 2.50. The largest absolute Gasteiger partial charge is 0.383 e. The molecule has 1 rings (SSSR count). The van der Waals surface area contributed by atoms with E-state index in [4.69, 9.17) is 4.74 Å². The number of ether oxygens (including phenoxy) is 1. The summed E-state index contributed by atoms with van der Waals surface area (Å²) in [7, 11) is 1.69. The van der Waals surface area contributed by atoms with Gasteiger partial charge in [0.05, 0.1) is 6.61 Å². The van der Waals surface area contributed by atoms with Crippen LogP contribution in [0.1, 0.15) is 33.6 Å². The van der Waals surface area contributed by atoms with Gasteiger partial charge >= 0.3 is 0 Å². The van der Waals surface area contributed by atoms with Crippen LogP contribution in [0.2, 0.25) is 0 Å². The first kappa shape index (κ1) is 21.6. The van der Waals surface area contributed by atoms with Gasteiger partial charge in [0.1, 0.15) is 0 Å². The second-order valence-corrected chi connectivity index (χ2v) is 5.92. The molecule has 0 aliphatic carbocycles. The van der Waals surface area contributed by atoms with Gasteiger partial charge in [-0.3, -0.25) is 4.79 Å². The highest BCUT2D eigenvalue weighted by Crippen LogP contribution is 2.18. The third-order valence-corrected chi connectivity index (χ3v) is 4.43. The van der Waals surface area contributed by atoms with Crippen LogP contribution in [0.3, 0.4) is 0 Å². The molecule has 0 unspecified atom stereocenters. The van der Waals surface area contributed by atoms with Gasteiger partial charge in [0, 0.05) is 38.7 Å². The molecule has 0 bridgehead atoms. The summed E-state index contributed by atoms with van der Waals surface area (Å²) in [6.07, 6.45) is 1.91. The van der Waals surface area contributed by atoms with Gasteiger partial charge in [0.2, 0.25) is 5.91 Å². The molecule has 0 saturated carbocycles. The predicted octanol–water partition coefficient (Wildman–Crippen LogP) is 1.61. The van der Waals surface area contributed by atoms with E-state index in [1.807, 2.05) is 4.90 Å². The van der Waals surface area contributed by atoms with Gasteiger partial charge < -0.3 is 19.9 Å². The standard InChI is InChI=1S/C16H33N3O2.ClH/c1-5-18(6-2)9-10-19(11-12-21-4)16(20)15-7-8-17-14(3)13-15;/h14-15,17H,5-13H2,1-4H3;1H/t14-,15-;/m0./s1. The molecular weight excluding hydrogens is 302 g/mol. The number of halogens is 1. The highest BCUT2D eigenvalue weighted by Gasteiger charge is 2.28. The minimum absolute atomic E-state index is 0. The van der Waals surface area contributed by atoms with Gasteiger partial charge in [-0.15, -0.1) is 12.4 Å². The number of rotatable bonds is 9. The molecule has 6 heteroatoms. The number of piperidine rings is 1. The van der Waals surface area contributed by atoms with E-state index in [1.54, 1.807) is 7.11 Å². The van der Waals surface area contributed by atoms with Crippen molar-refractivity contribution in [2.45, 2.75) is 39.7 Å². The first-order valence-corrected chi connectivity index (χ1v) is 8.35. The van der Waals surface area contributed by atoms with Crippen molar-refractivity contribution in [3.63, 3.8) is 0 Å². The Labute approximate surface area is 142 Å². The maximum Gasteiger partial charge on any atom is 0.225 e. The van der Waals surface area contributed by atoms with Crippen LogP contribution < -0.4 is 5.32 Å². The van der Waals surface area contributed by atoms with E-state index >= 15 is 0 Å². The monoisotopic (exact) mass is 335 g/mol. The number of hydrogen-bond acceptors (Lipinski definition) is 4. The predicted molar refractivity (Wildman–Crippen MR) is 93.7 cm³/mol. The van der Waals surface area contributed by atoms with Crippen LogP contribution >= 0.6 is 12.4 Å².